The fraction of sp³-hybridized carbons (Fsp3) is 0.450. The zero-order valence-electron chi connectivity index (χ0n) is 14.8. The van der Waals surface area contributed by atoms with Gasteiger partial charge in [0.15, 0.2) is 0 Å². The average molecular weight is 372 g/mol. The first-order chi connectivity index (χ1) is 12.7. The van der Waals surface area contributed by atoms with Crippen LogP contribution in [0.15, 0.2) is 23.6 Å². The number of nitrogens with zero attached hydrogens (tertiary/aromatic N) is 1. The van der Waals surface area contributed by atoms with E-state index in [0.717, 1.165) is 23.3 Å². The van der Waals surface area contributed by atoms with Crippen LogP contribution in [-0.4, -0.2) is 29.2 Å². The minimum Gasteiger partial charge on any atom is -0.491 e. The van der Waals surface area contributed by atoms with Crippen molar-refractivity contribution in [2.75, 3.05) is 13.2 Å². The van der Waals surface area contributed by atoms with Crippen LogP contribution in [0, 0.1) is 0 Å². The normalized spacial score (nSPS) is 16.3. The number of aryl methyl sites for hydroxylation is 1. The van der Waals surface area contributed by atoms with E-state index in [-0.39, 0.29) is 12.6 Å². The summed E-state index contributed by atoms with van der Waals surface area (Å²) < 4.78 is 5.75. The van der Waals surface area contributed by atoms with E-state index in [1.54, 1.807) is 4.90 Å². The standard InChI is InChI=1S/C20H24N2O3S/c23-12-14-5-6-18-15(9-14)11-22(7-8-25-18)20(24)21-10-16-13-26-19-4-2-1-3-17(16)19/h5-6,9,13,23H,1-4,7-8,10-12H2,(H,21,24). The smallest absolute Gasteiger partial charge is 0.318 e. The molecule has 4 rings (SSSR count). The molecule has 2 aromatic rings. The third-order valence-electron chi connectivity index (χ3n) is 5.15. The van der Waals surface area contributed by atoms with Crippen molar-refractivity contribution in [1.82, 2.24) is 10.2 Å². The maximum atomic E-state index is 12.7. The number of carbonyl (C=O) groups is 1. The van der Waals surface area contributed by atoms with Crippen LogP contribution in [0.3, 0.4) is 0 Å². The van der Waals surface area contributed by atoms with E-state index in [9.17, 15) is 9.90 Å². The van der Waals surface area contributed by atoms with Gasteiger partial charge in [-0.2, -0.15) is 0 Å². The lowest BCUT2D eigenvalue weighted by Gasteiger charge is -2.21. The molecule has 138 valence electrons. The highest BCUT2D eigenvalue weighted by molar-refractivity contribution is 7.10. The van der Waals surface area contributed by atoms with Crippen LogP contribution in [0.2, 0.25) is 0 Å². The summed E-state index contributed by atoms with van der Waals surface area (Å²) in [5.41, 5.74) is 4.50. The molecule has 0 saturated heterocycles. The Morgan fingerprint density at radius 2 is 2.19 bits per heavy atom. The Labute approximate surface area is 157 Å². The molecule has 5 nitrogen and oxygen atoms in total. The molecule has 0 atom stereocenters. The van der Waals surface area contributed by atoms with Gasteiger partial charge < -0.3 is 20.1 Å². The molecule has 0 saturated carbocycles. The van der Waals surface area contributed by atoms with Crippen LogP contribution in [0.1, 0.15) is 40.0 Å². The van der Waals surface area contributed by atoms with Crippen LogP contribution >= 0.6 is 11.3 Å². The number of thiophene rings is 1. The second-order valence-electron chi connectivity index (χ2n) is 6.90. The maximum Gasteiger partial charge on any atom is 0.318 e. The first-order valence-corrected chi connectivity index (χ1v) is 10.1. The molecule has 1 aliphatic carbocycles. The van der Waals surface area contributed by atoms with Crippen LogP contribution in [-0.2, 0) is 32.5 Å². The van der Waals surface area contributed by atoms with E-state index in [0.29, 0.717) is 26.2 Å². The molecular formula is C20H24N2O3S. The number of carbonyl (C=O) groups excluding carboxylic acids is 1. The molecule has 2 aliphatic rings. The molecule has 0 fully saturated rings. The molecule has 0 spiro atoms. The summed E-state index contributed by atoms with van der Waals surface area (Å²) in [6.07, 6.45) is 4.85. The molecule has 1 aromatic heterocycles. The van der Waals surface area contributed by atoms with Gasteiger partial charge in [-0.25, -0.2) is 4.79 Å². The van der Waals surface area contributed by atoms with Crippen LogP contribution in [0.5, 0.6) is 5.75 Å². The Morgan fingerprint density at radius 3 is 3.08 bits per heavy atom. The molecule has 1 aromatic carbocycles. The maximum absolute atomic E-state index is 12.7. The second kappa shape index (κ2) is 7.68. The van der Waals surface area contributed by atoms with Crippen molar-refractivity contribution in [2.24, 2.45) is 0 Å². The molecule has 1 aliphatic heterocycles. The molecule has 26 heavy (non-hydrogen) atoms. The Kier molecular flexibility index (Phi) is 5.13. The van der Waals surface area contributed by atoms with Crippen LogP contribution in [0.4, 0.5) is 4.79 Å². The van der Waals surface area contributed by atoms with E-state index < -0.39 is 0 Å². The van der Waals surface area contributed by atoms with Crippen molar-refractivity contribution in [1.29, 1.82) is 0 Å². The number of hydrogen-bond acceptors (Lipinski definition) is 4. The third-order valence-corrected chi connectivity index (χ3v) is 6.29. The quantitative estimate of drug-likeness (QED) is 0.870. The minimum absolute atomic E-state index is 0.0112. The highest BCUT2D eigenvalue weighted by atomic mass is 32.1. The molecule has 0 bridgehead atoms. The molecule has 2 amide bonds. The highest BCUT2D eigenvalue weighted by Crippen LogP contribution is 2.30. The van der Waals surface area contributed by atoms with Gasteiger partial charge in [-0.3, -0.25) is 0 Å². The van der Waals surface area contributed by atoms with Gasteiger partial charge in [0.2, 0.25) is 0 Å². The van der Waals surface area contributed by atoms with Crippen molar-refractivity contribution in [2.45, 2.75) is 45.4 Å². The summed E-state index contributed by atoms with van der Waals surface area (Å²) in [6.45, 7) is 2.11. The summed E-state index contributed by atoms with van der Waals surface area (Å²) in [6, 6.07) is 5.58. The van der Waals surface area contributed by atoms with Crippen molar-refractivity contribution in [3.63, 3.8) is 0 Å². The monoisotopic (exact) mass is 372 g/mol. The summed E-state index contributed by atoms with van der Waals surface area (Å²) >= 11 is 1.83. The summed E-state index contributed by atoms with van der Waals surface area (Å²) in [5.74, 6) is 0.796. The number of rotatable bonds is 3. The lowest BCUT2D eigenvalue weighted by atomic mass is 9.96. The number of fused-ring (bicyclic) bond motifs is 2. The first kappa shape index (κ1) is 17.4. The largest absolute Gasteiger partial charge is 0.491 e. The summed E-state index contributed by atoms with van der Waals surface area (Å²) in [5, 5.41) is 14.6. The lowest BCUT2D eigenvalue weighted by molar-refractivity contribution is 0.187. The number of urea groups is 1. The third kappa shape index (κ3) is 3.57. The van der Waals surface area contributed by atoms with Crippen LogP contribution in [0.25, 0.3) is 0 Å². The predicted octanol–water partition coefficient (Wildman–Crippen LogP) is 3.22. The van der Waals surface area contributed by atoms with Gasteiger partial charge >= 0.3 is 6.03 Å². The number of amides is 2. The fourth-order valence-electron chi connectivity index (χ4n) is 3.71. The van der Waals surface area contributed by atoms with E-state index in [1.807, 2.05) is 29.5 Å². The molecule has 2 N–H and O–H groups in total. The van der Waals surface area contributed by atoms with E-state index in [1.165, 1.54) is 35.3 Å². The number of ether oxygens (including phenoxy) is 1. The van der Waals surface area contributed by atoms with Gasteiger partial charge in [0.25, 0.3) is 0 Å². The number of benzene rings is 1. The van der Waals surface area contributed by atoms with E-state index >= 15 is 0 Å². The van der Waals surface area contributed by atoms with E-state index in [4.69, 9.17) is 4.74 Å². The van der Waals surface area contributed by atoms with Gasteiger partial charge in [-0.1, -0.05) is 6.07 Å². The Balaban J connectivity index is 1.42. The van der Waals surface area contributed by atoms with Gasteiger partial charge in [0.05, 0.1) is 19.7 Å². The van der Waals surface area contributed by atoms with Crippen molar-refractivity contribution < 1.29 is 14.6 Å². The molecule has 0 radical (unpaired) electrons. The Hall–Kier alpha value is -2.05. The van der Waals surface area contributed by atoms with Crippen molar-refractivity contribution in [3.05, 3.63) is 50.7 Å². The minimum atomic E-state index is -0.0633. The van der Waals surface area contributed by atoms with E-state index in [2.05, 4.69) is 10.7 Å². The SMILES string of the molecule is O=C(NCc1csc2c1CCCC2)N1CCOc2ccc(CO)cc2C1. The molecule has 2 heterocycles. The van der Waals surface area contributed by atoms with Gasteiger partial charge in [-0.05, 0) is 59.9 Å². The van der Waals surface area contributed by atoms with Gasteiger partial charge in [0, 0.05) is 17.0 Å². The topological polar surface area (TPSA) is 61.8 Å². The van der Waals surface area contributed by atoms with Crippen molar-refractivity contribution in [3.8, 4) is 5.75 Å². The first-order valence-electron chi connectivity index (χ1n) is 9.21. The van der Waals surface area contributed by atoms with Gasteiger partial charge in [-0.15, -0.1) is 11.3 Å². The molecular weight excluding hydrogens is 348 g/mol. The molecule has 0 unspecified atom stereocenters. The summed E-state index contributed by atoms with van der Waals surface area (Å²) in [7, 11) is 0. The number of nitrogens with one attached hydrogen (secondary N) is 1. The summed E-state index contributed by atoms with van der Waals surface area (Å²) in [4.78, 5) is 16.0. The Bertz CT molecular complexity index is 802. The zero-order valence-corrected chi connectivity index (χ0v) is 15.6. The second-order valence-corrected chi connectivity index (χ2v) is 7.86. The highest BCUT2D eigenvalue weighted by Gasteiger charge is 2.21. The number of aliphatic hydroxyl groups is 1. The average Bonchev–Trinajstić information content (AvgIpc) is 2.96. The van der Waals surface area contributed by atoms with Gasteiger partial charge in [0.1, 0.15) is 12.4 Å². The predicted molar refractivity (Wildman–Crippen MR) is 101 cm³/mol. The van der Waals surface area contributed by atoms with Crippen molar-refractivity contribution >= 4 is 17.4 Å². The number of aliphatic hydroxyl groups excluding tert-OH is 1. The lowest BCUT2D eigenvalue weighted by Crippen LogP contribution is -2.40. The number of hydrogen-bond donors (Lipinski definition) is 2. The fourth-order valence-corrected chi connectivity index (χ4v) is 4.86. The zero-order chi connectivity index (χ0) is 17.9. The molecule has 6 heteroatoms. The van der Waals surface area contributed by atoms with Crippen LogP contribution < -0.4 is 10.1 Å². The Morgan fingerprint density at radius 1 is 1.31 bits per heavy atom.